The first-order valence-electron chi connectivity index (χ1n) is 7.39. The molecule has 0 unspecified atom stereocenters. The SMILES string of the molecule is Cc1c(C)c(C)c2nc3c(C)cccc3cc2c1N(C)C. The van der Waals surface area contributed by atoms with Crippen LogP contribution < -0.4 is 4.90 Å². The van der Waals surface area contributed by atoms with Crippen LogP contribution in [0.25, 0.3) is 21.8 Å². The van der Waals surface area contributed by atoms with Crippen molar-refractivity contribution in [1.82, 2.24) is 4.98 Å². The van der Waals surface area contributed by atoms with Crippen molar-refractivity contribution in [2.75, 3.05) is 19.0 Å². The normalized spacial score (nSPS) is 11.3. The van der Waals surface area contributed by atoms with Gasteiger partial charge < -0.3 is 4.90 Å². The van der Waals surface area contributed by atoms with Gasteiger partial charge in [0.25, 0.3) is 0 Å². The third-order valence-corrected chi connectivity index (χ3v) is 4.59. The molecular formula is C19H22N2. The van der Waals surface area contributed by atoms with Gasteiger partial charge in [-0.1, -0.05) is 18.2 Å². The van der Waals surface area contributed by atoms with E-state index in [0.717, 1.165) is 11.0 Å². The topological polar surface area (TPSA) is 16.1 Å². The minimum absolute atomic E-state index is 1.11. The molecule has 0 atom stereocenters. The highest BCUT2D eigenvalue weighted by Gasteiger charge is 2.15. The minimum Gasteiger partial charge on any atom is -0.377 e. The summed E-state index contributed by atoms with van der Waals surface area (Å²) in [6.07, 6.45) is 0. The predicted octanol–water partition coefficient (Wildman–Crippen LogP) is 4.69. The standard InChI is InChI=1S/C19H22N2/c1-11-8-7-9-15-10-16-18(20-17(11)15)13(3)12(2)14(4)19(16)21(5)6/h7-10H,1-6H3. The quantitative estimate of drug-likeness (QED) is 0.600. The highest BCUT2D eigenvalue weighted by molar-refractivity contribution is 6.03. The maximum absolute atomic E-state index is 5.00. The summed E-state index contributed by atoms with van der Waals surface area (Å²) in [6.45, 7) is 8.71. The molecule has 0 amide bonds. The maximum Gasteiger partial charge on any atom is 0.0762 e. The Kier molecular flexibility index (Phi) is 3.12. The predicted molar refractivity (Wildman–Crippen MR) is 92.5 cm³/mol. The first-order chi connectivity index (χ1) is 9.91. The molecule has 3 aromatic rings. The van der Waals surface area contributed by atoms with Gasteiger partial charge in [-0.25, -0.2) is 4.98 Å². The Balaban J connectivity index is 2.58. The number of anilines is 1. The summed E-state index contributed by atoms with van der Waals surface area (Å²) in [5.74, 6) is 0. The Hall–Kier alpha value is -2.09. The van der Waals surface area contributed by atoms with E-state index in [1.165, 1.54) is 38.7 Å². The van der Waals surface area contributed by atoms with E-state index < -0.39 is 0 Å². The number of fused-ring (bicyclic) bond motifs is 2. The van der Waals surface area contributed by atoms with Crippen LogP contribution in [0.15, 0.2) is 24.3 Å². The molecule has 3 rings (SSSR count). The van der Waals surface area contributed by atoms with E-state index >= 15 is 0 Å². The molecule has 1 aromatic heterocycles. The molecule has 0 aliphatic rings. The summed E-state index contributed by atoms with van der Waals surface area (Å²) in [6, 6.07) is 8.68. The molecule has 0 saturated carbocycles. The second-order valence-electron chi connectivity index (χ2n) is 6.15. The number of aromatic nitrogens is 1. The molecule has 108 valence electrons. The highest BCUT2D eigenvalue weighted by atomic mass is 15.1. The Morgan fingerprint density at radius 1 is 0.857 bits per heavy atom. The van der Waals surface area contributed by atoms with Gasteiger partial charge in [0.2, 0.25) is 0 Å². The Bertz CT molecular complexity index is 861. The van der Waals surface area contributed by atoms with Crippen LogP contribution in [-0.4, -0.2) is 19.1 Å². The lowest BCUT2D eigenvalue weighted by molar-refractivity contribution is 1.11. The van der Waals surface area contributed by atoms with E-state index in [4.69, 9.17) is 4.98 Å². The molecule has 0 aliphatic carbocycles. The van der Waals surface area contributed by atoms with Crippen molar-refractivity contribution in [1.29, 1.82) is 0 Å². The van der Waals surface area contributed by atoms with Crippen LogP contribution in [-0.2, 0) is 0 Å². The van der Waals surface area contributed by atoms with Crippen molar-refractivity contribution >= 4 is 27.5 Å². The van der Waals surface area contributed by atoms with Crippen LogP contribution in [0, 0.1) is 27.7 Å². The molecule has 2 heteroatoms. The van der Waals surface area contributed by atoms with Crippen molar-refractivity contribution in [3.63, 3.8) is 0 Å². The lowest BCUT2D eigenvalue weighted by atomic mass is 9.95. The third-order valence-electron chi connectivity index (χ3n) is 4.59. The van der Waals surface area contributed by atoms with Gasteiger partial charge in [0.15, 0.2) is 0 Å². The average Bonchev–Trinajstić information content (AvgIpc) is 2.44. The van der Waals surface area contributed by atoms with Crippen LogP contribution in [0.3, 0.4) is 0 Å². The Morgan fingerprint density at radius 2 is 1.57 bits per heavy atom. The number of hydrogen-bond acceptors (Lipinski definition) is 2. The largest absolute Gasteiger partial charge is 0.377 e. The van der Waals surface area contributed by atoms with Crippen molar-refractivity contribution in [3.05, 3.63) is 46.5 Å². The monoisotopic (exact) mass is 278 g/mol. The number of nitrogens with zero attached hydrogens (tertiary/aromatic N) is 2. The summed E-state index contributed by atoms with van der Waals surface area (Å²) in [4.78, 5) is 7.20. The molecule has 0 fully saturated rings. The molecule has 0 bridgehead atoms. The molecule has 0 radical (unpaired) electrons. The second-order valence-corrected chi connectivity index (χ2v) is 6.15. The maximum atomic E-state index is 5.00. The van der Waals surface area contributed by atoms with Crippen LogP contribution in [0.1, 0.15) is 22.3 Å². The summed E-state index contributed by atoms with van der Waals surface area (Å²) >= 11 is 0. The Morgan fingerprint density at radius 3 is 2.24 bits per heavy atom. The van der Waals surface area contributed by atoms with Crippen LogP contribution in [0.5, 0.6) is 0 Å². The number of benzene rings is 2. The zero-order valence-corrected chi connectivity index (χ0v) is 13.7. The van der Waals surface area contributed by atoms with Gasteiger partial charge in [0.05, 0.1) is 11.0 Å². The van der Waals surface area contributed by atoms with E-state index in [1.54, 1.807) is 0 Å². The van der Waals surface area contributed by atoms with Crippen LogP contribution in [0.4, 0.5) is 5.69 Å². The third kappa shape index (κ3) is 1.98. The minimum atomic E-state index is 1.11. The molecule has 21 heavy (non-hydrogen) atoms. The summed E-state index contributed by atoms with van der Waals surface area (Å²) in [7, 11) is 4.22. The van der Waals surface area contributed by atoms with Crippen LogP contribution in [0.2, 0.25) is 0 Å². The summed E-state index contributed by atoms with van der Waals surface area (Å²) < 4.78 is 0. The number of para-hydroxylation sites is 1. The molecule has 0 aliphatic heterocycles. The molecule has 0 spiro atoms. The van der Waals surface area contributed by atoms with Gasteiger partial charge in [0, 0.05) is 30.6 Å². The van der Waals surface area contributed by atoms with Crippen molar-refractivity contribution < 1.29 is 0 Å². The second kappa shape index (κ2) is 4.73. The number of rotatable bonds is 1. The number of aryl methyl sites for hydroxylation is 2. The lowest BCUT2D eigenvalue weighted by Gasteiger charge is -2.22. The van der Waals surface area contributed by atoms with Gasteiger partial charge >= 0.3 is 0 Å². The van der Waals surface area contributed by atoms with E-state index in [0.29, 0.717) is 0 Å². The van der Waals surface area contributed by atoms with Gasteiger partial charge in [-0.3, -0.25) is 0 Å². The number of hydrogen-bond donors (Lipinski definition) is 0. The van der Waals surface area contributed by atoms with Crippen molar-refractivity contribution in [3.8, 4) is 0 Å². The fourth-order valence-corrected chi connectivity index (χ4v) is 3.23. The molecular weight excluding hydrogens is 256 g/mol. The first kappa shape index (κ1) is 13.9. The molecule has 0 saturated heterocycles. The van der Waals surface area contributed by atoms with E-state index in [9.17, 15) is 0 Å². The van der Waals surface area contributed by atoms with Gasteiger partial charge in [-0.2, -0.15) is 0 Å². The molecule has 2 nitrogen and oxygen atoms in total. The Labute approximate surface area is 126 Å². The smallest absolute Gasteiger partial charge is 0.0762 e. The van der Waals surface area contributed by atoms with Crippen molar-refractivity contribution in [2.24, 2.45) is 0 Å². The fraction of sp³-hybridized carbons (Fsp3) is 0.316. The van der Waals surface area contributed by atoms with E-state index in [2.05, 4.69) is 71.0 Å². The highest BCUT2D eigenvalue weighted by Crippen LogP contribution is 2.36. The summed E-state index contributed by atoms with van der Waals surface area (Å²) in [5.41, 5.74) is 8.73. The van der Waals surface area contributed by atoms with Gasteiger partial charge in [-0.05, 0) is 56.0 Å². The lowest BCUT2D eigenvalue weighted by Crippen LogP contribution is -2.12. The van der Waals surface area contributed by atoms with E-state index in [-0.39, 0.29) is 0 Å². The van der Waals surface area contributed by atoms with Crippen molar-refractivity contribution in [2.45, 2.75) is 27.7 Å². The molecule has 0 N–H and O–H groups in total. The summed E-state index contributed by atoms with van der Waals surface area (Å²) in [5, 5.41) is 2.46. The van der Waals surface area contributed by atoms with Crippen LogP contribution >= 0.6 is 0 Å². The molecule has 1 heterocycles. The van der Waals surface area contributed by atoms with Gasteiger partial charge in [-0.15, -0.1) is 0 Å². The van der Waals surface area contributed by atoms with E-state index in [1.807, 2.05) is 0 Å². The number of pyridine rings is 1. The van der Waals surface area contributed by atoms with Gasteiger partial charge in [0.1, 0.15) is 0 Å². The first-order valence-corrected chi connectivity index (χ1v) is 7.39. The average molecular weight is 278 g/mol. The zero-order chi connectivity index (χ0) is 15.3. The zero-order valence-electron chi connectivity index (χ0n) is 13.7. The fourth-order valence-electron chi connectivity index (χ4n) is 3.23. The molecule has 2 aromatic carbocycles.